The Labute approximate surface area is 215 Å². The van der Waals surface area contributed by atoms with Crippen LogP contribution in [0.25, 0.3) is 0 Å². The molecule has 0 fully saturated rings. The summed E-state index contributed by atoms with van der Waals surface area (Å²) in [5, 5.41) is 5.46. The van der Waals surface area contributed by atoms with Gasteiger partial charge in [0.15, 0.2) is 0 Å². The van der Waals surface area contributed by atoms with E-state index >= 15 is 0 Å². The summed E-state index contributed by atoms with van der Waals surface area (Å²) < 4.78 is 10.3. The lowest BCUT2D eigenvalue weighted by Crippen LogP contribution is -2.54. The second-order valence-electron chi connectivity index (χ2n) is 10.1. The number of hydrogen-bond donors (Lipinski definition) is 2. The van der Waals surface area contributed by atoms with E-state index in [0.29, 0.717) is 12.0 Å². The number of carbonyl (C=O) groups is 4. The van der Waals surface area contributed by atoms with Gasteiger partial charge in [0.25, 0.3) is 0 Å². The average molecular weight is 506 g/mol. The van der Waals surface area contributed by atoms with Gasteiger partial charge in [-0.2, -0.15) is 0 Å². The first kappa shape index (κ1) is 30.9. The number of amides is 3. The number of hydrogen-bond acceptors (Lipinski definition) is 6. The largest absolute Gasteiger partial charge is 0.466 e. The molecule has 0 bridgehead atoms. The van der Waals surface area contributed by atoms with Gasteiger partial charge in [0.2, 0.25) is 11.8 Å². The molecule has 0 aliphatic carbocycles. The highest BCUT2D eigenvalue weighted by Crippen LogP contribution is 2.26. The van der Waals surface area contributed by atoms with Crippen molar-refractivity contribution in [1.29, 1.82) is 0 Å². The minimum absolute atomic E-state index is 0.0203. The Kier molecular flexibility index (Phi) is 11.9. The van der Waals surface area contributed by atoms with E-state index in [2.05, 4.69) is 10.6 Å². The van der Waals surface area contributed by atoms with Crippen LogP contribution in [0.2, 0.25) is 0 Å². The summed E-state index contributed by atoms with van der Waals surface area (Å²) in [5.41, 5.74) is 1.72. The average Bonchev–Trinajstić information content (AvgIpc) is 2.77. The Morgan fingerprint density at radius 2 is 1.72 bits per heavy atom. The van der Waals surface area contributed by atoms with E-state index < -0.39 is 41.6 Å². The van der Waals surface area contributed by atoms with Crippen molar-refractivity contribution in [2.75, 3.05) is 20.2 Å². The summed E-state index contributed by atoms with van der Waals surface area (Å²) in [4.78, 5) is 52.7. The zero-order chi connectivity index (χ0) is 27.6. The van der Waals surface area contributed by atoms with Crippen molar-refractivity contribution in [2.45, 2.75) is 85.9 Å². The van der Waals surface area contributed by atoms with E-state index in [4.69, 9.17) is 9.47 Å². The van der Waals surface area contributed by atoms with E-state index in [0.717, 1.165) is 11.1 Å². The van der Waals surface area contributed by atoms with Crippen molar-refractivity contribution < 1.29 is 28.7 Å². The van der Waals surface area contributed by atoms with E-state index in [1.54, 1.807) is 34.7 Å². The standard InChI is InChI=1S/C27H43N3O6/c1-10-18(4)22(29-26(34)36-27(6,7)8)25(33)30(9)23(20-16-17(3)12-13-19(20)5)24(32)28-15-14-21(31)35-11-2/h12-13,16,18,22-23H,10-11,14-15H2,1-9H3,(H,28,32)(H,29,34). The fraction of sp³-hybridized carbons (Fsp3) is 0.630. The van der Waals surface area contributed by atoms with E-state index in [1.165, 1.54) is 4.90 Å². The van der Waals surface area contributed by atoms with Gasteiger partial charge in [-0.3, -0.25) is 14.4 Å². The second kappa shape index (κ2) is 13.8. The lowest BCUT2D eigenvalue weighted by atomic mass is 9.94. The minimum atomic E-state index is -0.966. The fourth-order valence-electron chi connectivity index (χ4n) is 3.66. The van der Waals surface area contributed by atoms with Crippen molar-refractivity contribution in [3.05, 3.63) is 34.9 Å². The van der Waals surface area contributed by atoms with E-state index in [9.17, 15) is 19.2 Å². The zero-order valence-electron chi connectivity index (χ0n) is 23.2. The molecule has 1 aromatic carbocycles. The number of carbonyl (C=O) groups excluding carboxylic acids is 4. The number of nitrogens with one attached hydrogen (secondary N) is 2. The number of nitrogens with zero attached hydrogens (tertiary/aromatic N) is 1. The van der Waals surface area contributed by atoms with Gasteiger partial charge in [-0.05, 0) is 58.6 Å². The number of ether oxygens (including phenoxy) is 2. The lowest BCUT2D eigenvalue weighted by molar-refractivity contribution is -0.144. The second-order valence-corrected chi connectivity index (χ2v) is 10.1. The van der Waals surface area contributed by atoms with Crippen LogP contribution in [0.5, 0.6) is 0 Å². The number of esters is 1. The van der Waals surface area contributed by atoms with Gasteiger partial charge in [0.05, 0.1) is 13.0 Å². The Bertz CT molecular complexity index is 925. The molecule has 0 aliphatic heterocycles. The first-order valence-electron chi connectivity index (χ1n) is 12.5. The number of rotatable bonds is 11. The molecule has 0 saturated heterocycles. The van der Waals surface area contributed by atoms with Crippen LogP contribution in [-0.2, 0) is 23.9 Å². The molecule has 1 rings (SSSR count). The maximum absolute atomic E-state index is 13.7. The first-order valence-corrected chi connectivity index (χ1v) is 12.5. The molecule has 0 aromatic heterocycles. The fourth-order valence-corrected chi connectivity index (χ4v) is 3.66. The molecular formula is C27H43N3O6. The summed E-state index contributed by atoms with van der Waals surface area (Å²) in [6.45, 7) is 14.9. The molecule has 2 N–H and O–H groups in total. The molecule has 36 heavy (non-hydrogen) atoms. The topological polar surface area (TPSA) is 114 Å². The van der Waals surface area contributed by atoms with Crippen LogP contribution in [-0.4, -0.2) is 60.6 Å². The van der Waals surface area contributed by atoms with Crippen LogP contribution in [0, 0.1) is 19.8 Å². The van der Waals surface area contributed by atoms with Crippen molar-refractivity contribution in [1.82, 2.24) is 15.5 Å². The molecule has 9 heteroatoms. The number of aryl methyl sites for hydroxylation is 2. The van der Waals surface area contributed by atoms with Crippen molar-refractivity contribution in [3.63, 3.8) is 0 Å². The molecule has 0 radical (unpaired) electrons. The number of alkyl carbamates (subject to hydrolysis) is 1. The maximum Gasteiger partial charge on any atom is 0.408 e. The highest BCUT2D eigenvalue weighted by molar-refractivity contribution is 5.92. The molecule has 202 valence electrons. The third-order valence-corrected chi connectivity index (χ3v) is 5.80. The third-order valence-electron chi connectivity index (χ3n) is 5.80. The van der Waals surface area contributed by atoms with Gasteiger partial charge in [0.1, 0.15) is 17.7 Å². The van der Waals surface area contributed by atoms with Crippen LogP contribution >= 0.6 is 0 Å². The maximum atomic E-state index is 13.7. The van der Waals surface area contributed by atoms with Gasteiger partial charge < -0.3 is 25.0 Å². The SMILES string of the molecule is CCOC(=O)CCNC(=O)C(c1cc(C)ccc1C)N(C)C(=O)C(NC(=O)OC(C)(C)C)C(C)CC. The predicted octanol–water partition coefficient (Wildman–Crippen LogP) is 3.81. The van der Waals surface area contributed by atoms with Crippen LogP contribution in [0.3, 0.4) is 0 Å². The summed E-state index contributed by atoms with van der Waals surface area (Å²) >= 11 is 0. The zero-order valence-corrected chi connectivity index (χ0v) is 23.2. The number of likely N-dealkylation sites (N-methyl/N-ethyl adjacent to an activating group) is 1. The molecule has 0 spiro atoms. The molecule has 3 unspecified atom stereocenters. The molecule has 0 saturated carbocycles. The van der Waals surface area contributed by atoms with Gasteiger partial charge >= 0.3 is 12.1 Å². The first-order chi connectivity index (χ1) is 16.7. The van der Waals surface area contributed by atoms with Gasteiger partial charge in [0, 0.05) is 13.6 Å². The molecular weight excluding hydrogens is 462 g/mol. The van der Waals surface area contributed by atoms with Crippen molar-refractivity contribution in [3.8, 4) is 0 Å². The van der Waals surface area contributed by atoms with E-state index in [1.807, 2.05) is 45.9 Å². The Hall–Kier alpha value is -3.10. The van der Waals surface area contributed by atoms with Crippen molar-refractivity contribution in [2.24, 2.45) is 5.92 Å². The molecule has 9 nitrogen and oxygen atoms in total. The predicted molar refractivity (Wildman–Crippen MR) is 138 cm³/mol. The Morgan fingerprint density at radius 3 is 2.28 bits per heavy atom. The molecule has 0 aliphatic rings. The summed E-state index contributed by atoms with van der Waals surface area (Å²) in [7, 11) is 1.55. The van der Waals surface area contributed by atoms with E-state index in [-0.39, 0.29) is 25.5 Å². The lowest BCUT2D eigenvalue weighted by Gasteiger charge is -2.34. The van der Waals surface area contributed by atoms with Crippen molar-refractivity contribution >= 4 is 23.9 Å². The Balaban J connectivity index is 3.28. The van der Waals surface area contributed by atoms with Crippen LogP contribution in [0.1, 0.15) is 77.1 Å². The normalized spacial score (nSPS) is 13.7. The van der Waals surface area contributed by atoms with Crippen LogP contribution in [0.15, 0.2) is 18.2 Å². The quantitative estimate of drug-likeness (QED) is 0.442. The monoisotopic (exact) mass is 505 g/mol. The third kappa shape index (κ3) is 9.51. The summed E-state index contributed by atoms with van der Waals surface area (Å²) in [6.07, 6.45) is -0.0523. The summed E-state index contributed by atoms with van der Waals surface area (Å²) in [5.74, 6) is -1.46. The molecule has 1 aromatic rings. The molecule has 3 amide bonds. The Morgan fingerprint density at radius 1 is 1.08 bits per heavy atom. The highest BCUT2D eigenvalue weighted by Gasteiger charge is 2.36. The minimum Gasteiger partial charge on any atom is -0.466 e. The molecule has 3 atom stereocenters. The van der Waals surface area contributed by atoms with Gasteiger partial charge in [-0.15, -0.1) is 0 Å². The van der Waals surface area contributed by atoms with Gasteiger partial charge in [-0.25, -0.2) is 4.79 Å². The smallest absolute Gasteiger partial charge is 0.408 e. The molecule has 0 heterocycles. The highest BCUT2D eigenvalue weighted by atomic mass is 16.6. The van der Waals surface area contributed by atoms with Gasteiger partial charge in [-0.1, -0.05) is 44.0 Å². The number of benzene rings is 1. The van der Waals surface area contributed by atoms with Crippen LogP contribution in [0.4, 0.5) is 4.79 Å². The van der Waals surface area contributed by atoms with Crippen LogP contribution < -0.4 is 10.6 Å². The summed E-state index contributed by atoms with van der Waals surface area (Å²) in [6, 6.07) is 3.84.